The second kappa shape index (κ2) is 5.73. The summed E-state index contributed by atoms with van der Waals surface area (Å²) in [6, 6.07) is 7.38. The average molecular weight is 261 g/mol. The normalized spacial score (nSPS) is 17.5. The van der Waals surface area contributed by atoms with Crippen molar-refractivity contribution in [3.63, 3.8) is 0 Å². The van der Waals surface area contributed by atoms with E-state index in [0.717, 1.165) is 5.56 Å². The molecule has 1 aliphatic heterocycles. The van der Waals surface area contributed by atoms with Gasteiger partial charge in [0, 0.05) is 31.7 Å². The number of rotatable bonds is 2. The number of hydrogen-bond acceptors (Lipinski definition) is 3. The van der Waals surface area contributed by atoms with E-state index in [4.69, 9.17) is 5.73 Å². The van der Waals surface area contributed by atoms with Gasteiger partial charge in [-0.05, 0) is 24.6 Å². The van der Waals surface area contributed by atoms with Crippen LogP contribution in [0.25, 0.3) is 0 Å². The molecule has 1 aliphatic rings. The molecule has 0 radical (unpaired) electrons. The number of carbonyl (C=O) groups excluding carboxylic acids is 2. The van der Waals surface area contributed by atoms with Crippen molar-refractivity contribution in [2.24, 2.45) is 0 Å². The topological polar surface area (TPSA) is 75.4 Å². The Labute approximate surface area is 112 Å². The van der Waals surface area contributed by atoms with Gasteiger partial charge >= 0.3 is 0 Å². The van der Waals surface area contributed by atoms with Crippen molar-refractivity contribution in [3.8, 4) is 0 Å². The number of nitrogen functional groups attached to an aromatic ring is 1. The average Bonchev–Trinajstić information content (AvgIpc) is 2.62. The molecule has 0 aromatic heterocycles. The van der Waals surface area contributed by atoms with Gasteiger partial charge in [0.05, 0.1) is 5.92 Å². The van der Waals surface area contributed by atoms with Crippen LogP contribution in [0.5, 0.6) is 0 Å². The molecule has 1 aromatic carbocycles. The van der Waals surface area contributed by atoms with Crippen LogP contribution in [0.2, 0.25) is 0 Å². The SMILES string of the molecule is CC(C(=O)N1CCNC(=O)CC1)c1cccc(N)c1. The second-order valence-corrected chi connectivity index (χ2v) is 4.82. The van der Waals surface area contributed by atoms with Gasteiger partial charge in [0.25, 0.3) is 0 Å². The number of anilines is 1. The molecule has 0 saturated carbocycles. The number of amides is 2. The van der Waals surface area contributed by atoms with Crippen LogP contribution in [-0.2, 0) is 9.59 Å². The van der Waals surface area contributed by atoms with E-state index in [1.807, 2.05) is 25.1 Å². The van der Waals surface area contributed by atoms with Crippen molar-refractivity contribution in [2.75, 3.05) is 25.4 Å². The zero-order valence-corrected chi connectivity index (χ0v) is 11.1. The lowest BCUT2D eigenvalue weighted by molar-refractivity contribution is -0.132. The maximum atomic E-state index is 12.4. The highest BCUT2D eigenvalue weighted by Gasteiger charge is 2.24. The highest BCUT2D eigenvalue weighted by Crippen LogP contribution is 2.20. The molecule has 1 aromatic rings. The van der Waals surface area contributed by atoms with Crippen LogP contribution in [0.1, 0.15) is 24.8 Å². The standard InChI is InChI=1S/C14H19N3O2/c1-10(11-3-2-4-12(15)9-11)14(19)17-7-5-13(18)16-6-8-17/h2-4,9-10H,5-8,15H2,1H3,(H,16,18). The summed E-state index contributed by atoms with van der Waals surface area (Å²) < 4.78 is 0. The first kappa shape index (κ1) is 13.4. The van der Waals surface area contributed by atoms with Crippen LogP contribution in [0.4, 0.5) is 5.69 Å². The third kappa shape index (κ3) is 3.24. The molecule has 3 N–H and O–H groups in total. The largest absolute Gasteiger partial charge is 0.399 e. The van der Waals surface area contributed by atoms with Crippen molar-refractivity contribution in [2.45, 2.75) is 19.3 Å². The minimum absolute atomic E-state index is 0.00640. The Hall–Kier alpha value is -2.04. The minimum Gasteiger partial charge on any atom is -0.399 e. The fourth-order valence-electron chi connectivity index (χ4n) is 2.23. The van der Waals surface area contributed by atoms with Gasteiger partial charge in [-0.25, -0.2) is 0 Å². The monoisotopic (exact) mass is 261 g/mol. The van der Waals surface area contributed by atoms with Crippen LogP contribution >= 0.6 is 0 Å². The van der Waals surface area contributed by atoms with E-state index in [1.165, 1.54) is 0 Å². The molecule has 0 spiro atoms. The van der Waals surface area contributed by atoms with Gasteiger partial charge in [-0.2, -0.15) is 0 Å². The minimum atomic E-state index is -0.239. The van der Waals surface area contributed by atoms with E-state index in [9.17, 15) is 9.59 Å². The lowest BCUT2D eigenvalue weighted by Crippen LogP contribution is -2.36. The Balaban J connectivity index is 2.08. The Morgan fingerprint density at radius 3 is 2.95 bits per heavy atom. The molecule has 5 heteroatoms. The van der Waals surface area contributed by atoms with Crippen LogP contribution < -0.4 is 11.1 Å². The number of carbonyl (C=O) groups is 2. The third-order valence-corrected chi connectivity index (χ3v) is 3.41. The molecule has 2 amide bonds. The van der Waals surface area contributed by atoms with E-state index in [1.54, 1.807) is 11.0 Å². The van der Waals surface area contributed by atoms with Gasteiger partial charge in [0.1, 0.15) is 0 Å². The van der Waals surface area contributed by atoms with Crippen LogP contribution in [-0.4, -0.2) is 36.3 Å². The first-order valence-electron chi connectivity index (χ1n) is 6.49. The van der Waals surface area contributed by atoms with E-state index in [0.29, 0.717) is 31.7 Å². The van der Waals surface area contributed by atoms with Crippen LogP contribution in [0.3, 0.4) is 0 Å². The van der Waals surface area contributed by atoms with Gasteiger partial charge in [-0.15, -0.1) is 0 Å². The fourth-order valence-corrected chi connectivity index (χ4v) is 2.23. The molecule has 5 nitrogen and oxygen atoms in total. The lowest BCUT2D eigenvalue weighted by atomic mass is 9.99. The molecule has 102 valence electrons. The molecular weight excluding hydrogens is 242 g/mol. The number of nitrogens with zero attached hydrogens (tertiary/aromatic N) is 1. The highest BCUT2D eigenvalue weighted by atomic mass is 16.2. The van der Waals surface area contributed by atoms with Crippen molar-refractivity contribution < 1.29 is 9.59 Å². The van der Waals surface area contributed by atoms with Gasteiger partial charge in [-0.3, -0.25) is 9.59 Å². The summed E-state index contributed by atoms with van der Waals surface area (Å²) in [5.41, 5.74) is 7.31. The van der Waals surface area contributed by atoms with Crippen molar-refractivity contribution >= 4 is 17.5 Å². The number of hydrogen-bond donors (Lipinski definition) is 2. The Morgan fingerprint density at radius 2 is 2.21 bits per heavy atom. The predicted octanol–water partition coefficient (Wildman–Crippen LogP) is 0.721. The molecule has 1 fully saturated rings. The summed E-state index contributed by atoms with van der Waals surface area (Å²) in [4.78, 5) is 25.4. The van der Waals surface area contributed by atoms with E-state index < -0.39 is 0 Å². The summed E-state index contributed by atoms with van der Waals surface area (Å²) in [6.07, 6.45) is 0.370. The van der Waals surface area contributed by atoms with Gasteiger partial charge in [0.15, 0.2) is 0 Å². The second-order valence-electron chi connectivity index (χ2n) is 4.82. The molecule has 1 saturated heterocycles. The first-order valence-corrected chi connectivity index (χ1v) is 6.49. The molecular formula is C14H19N3O2. The molecule has 1 unspecified atom stereocenters. The molecule has 2 rings (SSSR count). The van der Waals surface area contributed by atoms with Crippen LogP contribution in [0.15, 0.2) is 24.3 Å². The lowest BCUT2D eigenvalue weighted by Gasteiger charge is -2.23. The number of nitrogens with one attached hydrogen (secondary N) is 1. The van der Waals surface area contributed by atoms with Gasteiger partial charge in [0.2, 0.25) is 11.8 Å². The maximum absolute atomic E-state index is 12.4. The van der Waals surface area contributed by atoms with E-state index in [-0.39, 0.29) is 17.7 Å². The molecule has 0 bridgehead atoms. The zero-order chi connectivity index (χ0) is 13.8. The third-order valence-electron chi connectivity index (χ3n) is 3.41. The van der Waals surface area contributed by atoms with Gasteiger partial charge < -0.3 is 16.0 Å². The highest BCUT2D eigenvalue weighted by molar-refractivity contribution is 5.85. The summed E-state index contributed by atoms with van der Waals surface area (Å²) in [5, 5.41) is 2.76. The predicted molar refractivity (Wildman–Crippen MR) is 73.5 cm³/mol. The molecule has 0 aliphatic carbocycles. The Morgan fingerprint density at radius 1 is 1.42 bits per heavy atom. The molecule has 19 heavy (non-hydrogen) atoms. The van der Waals surface area contributed by atoms with Crippen molar-refractivity contribution in [3.05, 3.63) is 29.8 Å². The maximum Gasteiger partial charge on any atom is 0.229 e. The number of benzene rings is 1. The smallest absolute Gasteiger partial charge is 0.229 e. The quantitative estimate of drug-likeness (QED) is 0.770. The van der Waals surface area contributed by atoms with Crippen molar-refractivity contribution in [1.82, 2.24) is 10.2 Å². The first-order chi connectivity index (χ1) is 9.08. The fraction of sp³-hybridized carbons (Fsp3) is 0.429. The Kier molecular flexibility index (Phi) is 4.04. The van der Waals surface area contributed by atoms with Crippen LogP contribution in [0, 0.1) is 0 Å². The van der Waals surface area contributed by atoms with Crippen molar-refractivity contribution in [1.29, 1.82) is 0 Å². The van der Waals surface area contributed by atoms with E-state index in [2.05, 4.69) is 5.32 Å². The number of nitrogens with two attached hydrogens (primary N) is 1. The van der Waals surface area contributed by atoms with Gasteiger partial charge in [-0.1, -0.05) is 12.1 Å². The summed E-state index contributed by atoms with van der Waals surface area (Å²) in [6.45, 7) is 3.44. The summed E-state index contributed by atoms with van der Waals surface area (Å²) in [7, 11) is 0. The summed E-state index contributed by atoms with van der Waals surface area (Å²) in [5.74, 6) is -0.189. The molecule has 1 atom stereocenters. The Bertz CT molecular complexity index is 487. The summed E-state index contributed by atoms with van der Waals surface area (Å²) >= 11 is 0. The zero-order valence-electron chi connectivity index (χ0n) is 11.1. The van der Waals surface area contributed by atoms with E-state index >= 15 is 0 Å². The molecule has 1 heterocycles.